The van der Waals surface area contributed by atoms with E-state index in [-0.39, 0.29) is 5.69 Å². The van der Waals surface area contributed by atoms with Gasteiger partial charge in [0.05, 0.1) is 24.4 Å². The summed E-state index contributed by atoms with van der Waals surface area (Å²) >= 11 is 5.43. The van der Waals surface area contributed by atoms with Gasteiger partial charge in [-0.1, -0.05) is 12.1 Å². The zero-order chi connectivity index (χ0) is 23.4. The number of hydrogen-bond acceptors (Lipinski definition) is 4. The summed E-state index contributed by atoms with van der Waals surface area (Å²) in [7, 11) is 1.32. The molecule has 3 N–H and O–H groups in total. The van der Waals surface area contributed by atoms with Crippen LogP contribution in [0.2, 0.25) is 0 Å². The maximum absolute atomic E-state index is 13.7. The van der Waals surface area contributed by atoms with E-state index in [0.29, 0.717) is 34.7 Å². The zero-order valence-electron chi connectivity index (χ0n) is 17.7. The Labute approximate surface area is 189 Å². The van der Waals surface area contributed by atoms with Crippen LogP contribution in [0.15, 0.2) is 53.7 Å². The highest BCUT2D eigenvalue weighted by atomic mass is 32.1. The van der Waals surface area contributed by atoms with Crippen LogP contribution in [-0.4, -0.2) is 35.7 Å². The van der Waals surface area contributed by atoms with Crippen molar-refractivity contribution in [1.82, 2.24) is 10.2 Å². The second-order valence-corrected chi connectivity index (χ2v) is 7.33. The molecule has 1 unspecified atom stereocenters. The average Bonchev–Trinajstić information content (AvgIpc) is 2.75. The van der Waals surface area contributed by atoms with E-state index >= 15 is 0 Å². The van der Waals surface area contributed by atoms with Crippen LogP contribution in [-0.2, 0) is 9.53 Å². The average molecular weight is 461 g/mol. The zero-order valence-corrected chi connectivity index (χ0v) is 18.5. The smallest absolute Gasteiger partial charge is 0.337 e. The number of nitrogens with one attached hydrogen (secondary N) is 3. The fourth-order valence-electron chi connectivity index (χ4n) is 3.42. The van der Waals surface area contributed by atoms with Crippen LogP contribution in [0, 0.1) is 11.6 Å². The van der Waals surface area contributed by atoms with Crippen molar-refractivity contribution in [3.05, 3.63) is 70.9 Å². The van der Waals surface area contributed by atoms with Crippen molar-refractivity contribution in [2.24, 2.45) is 0 Å². The number of nitrogens with zero attached hydrogens (tertiary/aromatic N) is 1. The van der Waals surface area contributed by atoms with Gasteiger partial charge in [-0.2, -0.15) is 0 Å². The number of anilines is 2. The fraction of sp³-hybridized carbons (Fsp3) is 0.227. The number of allylic oxidation sites excluding steroid dienone is 1. The monoisotopic (exact) mass is 460 g/mol. The number of amides is 2. The lowest BCUT2D eigenvalue weighted by Crippen LogP contribution is -2.47. The molecule has 3 rings (SSSR count). The highest BCUT2D eigenvalue weighted by molar-refractivity contribution is 7.80. The highest BCUT2D eigenvalue weighted by Crippen LogP contribution is 2.31. The van der Waals surface area contributed by atoms with Gasteiger partial charge >= 0.3 is 12.0 Å². The minimum Gasteiger partial charge on any atom is -0.466 e. The summed E-state index contributed by atoms with van der Waals surface area (Å²) in [6, 6.07) is 8.38. The first kappa shape index (κ1) is 23.1. The van der Waals surface area contributed by atoms with Crippen LogP contribution < -0.4 is 16.0 Å². The molecule has 1 atom stereocenters. The first-order valence-electron chi connectivity index (χ1n) is 9.75. The number of thiocarbonyl (C=S) groups is 1. The Balaban J connectivity index is 1.78. The Kier molecular flexibility index (Phi) is 7.04. The molecule has 1 aliphatic rings. The van der Waals surface area contributed by atoms with Crippen LogP contribution in [0.25, 0.3) is 0 Å². The van der Waals surface area contributed by atoms with E-state index in [1.165, 1.54) is 7.11 Å². The van der Waals surface area contributed by atoms with Gasteiger partial charge in [-0.3, -0.25) is 0 Å². The minimum atomic E-state index is -0.881. The standard InChI is InChI=1S/C22H22F2N4O3S/c1-4-28-12(2)18(20(29)31-3)19(27-22(28)32)13-5-8-15(9-6-13)25-21(30)26-17-10-7-14(23)11-16(17)24/h5-11,19H,4H2,1-3H3,(H,27,32)(H2,25,26,30). The minimum absolute atomic E-state index is 0.149. The fourth-order valence-corrected chi connectivity index (χ4v) is 3.80. The molecule has 168 valence electrons. The number of methoxy groups -OCH3 is 1. The summed E-state index contributed by atoms with van der Waals surface area (Å²) in [5.74, 6) is -2.09. The summed E-state index contributed by atoms with van der Waals surface area (Å²) < 4.78 is 31.7. The molecular weight excluding hydrogens is 438 g/mol. The Morgan fingerprint density at radius 3 is 2.44 bits per heavy atom. The SMILES string of the molecule is CCN1C(=S)NC(c2ccc(NC(=O)Nc3ccc(F)cc3F)cc2)C(C(=O)OC)=C1C. The molecule has 0 saturated carbocycles. The second kappa shape index (κ2) is 9.73. The molecule has 2 aromatic carbocycles. The molecule has 32 heavy (non-hydrogen) atoms. The van der Waals surface area contributed by atoms with Gasteiger partial charge < -0.3 is 25.6 Å². The van der Waals surface area contributed by atoms with E-state index in [1.54, 1.807) is 24.3 Å². The highest BCUT2D eigenvalue weighted by Gasteiger charge is 2.33. The van der Waals surface area contributed by atoms with Gasteiger partial charge in [0.1, 0.15) is 11.6 Å². The van der Waals surface area contributed by atoms with Crippen molar-refractivity contribution < 1.29 is 23.1 Å². The van der Waals surface area contributed by atoms with E-state index in [0.717, 1.165) is 17.7 Å². The number of hydrogen-bond donors (Lipinski definition) is 3. The van der Waals surface area contributed by atoms with E-state index in [9.17, 15) is 18.4 Å². The maximum atomic E-state index is 13.7. The van der Waals surface area contributed by atoms with Crippen molar-refractivity contribution in [2.45, 2.75) is 19.9 Å². The van der Waals surface area contributed by atoms with Gasteiger partial charge in [0.2, 0.25) is 0 Å². The van der Waals surface area contributed by atoms with Crippen molar-refractivity contribution in [2.75, 3.05) is 24.3 Å². The Hall–Kier alpha value is -3.53. The summed E-state index contributed by atoms with van der Waals surface area (Å²) in [5.41, 5.74) is 2.16. The number of esters is 1. The first-order chi connectivity index (χ1) is 15.2. The molecular formula is C22H22F2N4O3S. The number of carbonyl (C=O) groups excluding carboxylic acids is 2. The summed E-state index contributed by atoms with van der Waals surface area (Å²) in [4.78, 5) is 26.4. The lowest BCUT2D eigenvalue weighted by atomic mass is 9.95. The molecule has 2 amide bonds. The normalized spacial score (nSPS) is 15.8. The lowest BCUT2D eigenvalue weighted by molar-refractivity contribution is -0.136. The molecule has 1 aliphatic heterocycles. The molecule has 0 fully saturated rings. The lowest BCUT2D eigenvalue weighted by Gasteiger charge is -2.36. The van der Waals surface area contributed by atoms with Crippen molar-refractivity contribution in [3.63, 3.8) is 0 Å². The second-order valence-electron chi connectivity index (χ2n) is 6.94. The van der Waals surface area contributed by atoms with Gasteiger partial charge in [0, 0.05) is 24.0 Å². The van der Waals surface area contributed by atoms with E-state index < -0.39 is 29.7 Å². The van der Waals surface area contributed by atoms with Crippen LogP contribution in [0.3, 0.4) is 0 Å². The quantitative estimate of drug-likeness (QED) is 0.456. The first-order valence-corrected chi connectivity index (χ1v) is 10.2. The Morgan fingerprint density at radius 1 is 1.16 bits per heavy atom. The molecule has 0 saturated heterocycles. The molecule has 2 aromatic rings. The van der Waals surface area contributed by atoms with E-state index in [4.69, 9.17) is 17.0 Å². The number of benzene rings is 2. The van der Waals surface area contributed by atoms with Crippen LogP contribution in [0.4, 0.5) is 25.0 Å². The summed E-state index contributed by atoms with van der Waals surface area (Å²) in [6.07, 6.45) is 0. The van der Waals surface area contributed by atoms with E-state index in [1.807, 2.05) is 18.7 Å². The molecule has 1 heterocycles. The summed E-state index contributed by atoms with van der Waals surface area (Å²) in [5, 5.41) is 8.54. The van der Waals surface area contributed by atoms with Crippen molar-refractivity contribution >= 4 is 40.7 Å². The molecule has 7 nitrogen and oxygen atoms in total. The molecule has 10 heteroatoms. The third-order valence-corrected chi connectivity index (χ3v) is 5.34. The van der Waals surface area contributed by atoms with Gasteiger partial charge in [-0.15, -0.1) is 0 Å². The van der Waals surface area contributed by atoms with Gasteiger partial charge in [0.15, 0.2) is 5.11 Å². The largest absolute Gasteiger partial charge is 0.466 e. The maximum Gasteiger partial charge on any atom is 0.337 e. The molecule has 0 aliphatic carbocycles. The topological polar surface area (TPSA) is 82.7 Å². The number of carbonyl (C=O) groups is 2. The van der Waals surface area contributed by atoms with E-state index in [2.05, 4.69) is 16.0 Å². The number of urea groups is 1. The third kappa shape index (κ3) is 4.86. The number of ether oxygens (including phenoxy) is 1. The van der Waals surface area contributed by atoms with Gasteiger partial charge in [0.25, 0.3) is 0 Å². The molecule has 0 spiro atoms. The molecule has 0 aromatic heterocycles. The number of halogens is 2. The summed E-state index contributed by atoms with van der Waals surface area (Å²) in [6.45, 7) is 4.33. The predicted molar refractivity (Wildman–Crippen MR) is 121 cm³/mol. The molecule has 0 bridgehead atoms. The van der Waals surface area contributed by atoms with Crippen molar-refractivity contribution in [3.8, 4) is 0 Å². The third-order valence-electron chi connectivity index (χ3n) is 5.00. The molecule has 0 radical (unpaired) electrons. The Morgan fingerprint density at radius 2 is 1.84 bits per heavy atom. The van der Waals surface area contributed by atoms with Gasteiger partial charge in [-0.05, 0) is 55.9 Å². The Bertz CT molecular complexity index is 1090. The van der Waals surface area contributed by atoms with Crippen LogP contribution >= 0.6 is 12.2 Å². The van der Waals surface area contributed by atoms with Crippen molar-refractivity contribution in [1.29, 1.82) is 0 Å². The van der Waals surface area contributed by atoms with Gasteiger partial charge in [-0.25, -0.2) is 18.4 Å². The predicted octanol–water partition coefficient (Wildman–Crippen LogP) is 4.31. The number of rotatable bonds is 5. The van der Waals surface area contributed by atoms with Crippen LogP contribution in [0.1, 0.15) is 25.5 Å². The van der Waals surface area contributed by atoms with Crippen LogP contribution in [0.5, 0.6) is 0 Å².